The van der Waals surface area contributed by atoms with Gasteiger partial charge in [-0.05, 0) is 42.7 Å². The van der Waals surface area contributed by atoms with Gasteiger partial charge >= 0.3 is 6.18 Å². The number of nitrogens with one attached hydrogen (secondary N) is 2. The van der Waals surface area contributed by atoms with Crippen molar-refractivity contribution in [3.63, 3.8) is 0 Å². The molecule has 2 aromatic rings. The molecule has 2 amide bonds. The van der Waals surface area contributed by atoms with Gasteiger partial charge in [0.25, 0.3) is 0 Å². The maximum Gasteiger partial charge on any atom is 0.417 e. The van der Waals surface area contributed by atoms with E-state index in [1.54, 1.807) is 0 Å². The Morgan fingerprint density at radius 2 is 1.69 bits per heavy atom. The Hall–Kier alpha value is -3.06. The number of nitrogens with zero attached hydrogens (tertiary/aromatic N) is 1. The van der Waals surface area contributed by atoms with Crippen molar-refractivity contribution in [2.24, 2.45) is 0 Å². The van der Waals surface area contributed by atoms with Crippen LogP contribution in [0.2, 0.25) is 0 Å². The van der Waals surface area contributed by atoms with E-state index in [2.05, 4.69) is 10.6 Å². The summed E-state index contributed by atoms with van der Waals surface area (Å²) >= 11 is 0. The van der Waals surface area contributed by atoms with Gasteiger partial charge in [0.15, 0.2) is 11.6 Å². The van der Waals surface area contributed by atoms with Crippen LogP contribution in [0.5, 0.6) is 0 Å². The first-order chi connectivity index (χ1) is 16.8. The zero-order chi connectivity index (χ0) is 26.7. The van der Waals surface area contributed by atoms with E-state index in [0.29, 0.717) is 6.07 Å². The van der Waals surface area contributed by atoms with Gasteiger partial charge in [-0.25, -0.2) is 17.2 Å². The summed E-state index contributed by atoms with van der Waals surface area (Å²) in [6, 6.07) is 5.41. The van der Waals surface area contributed by atoms with Crippen molar-refractivity contribution in [3.05, 3.63) is 65.2 Å². The van der Waals surface area contributed by atoms with Gasteiger partial charge < -0.3 is 10.6 Å². The zero-order valence-corrected chi connectivity index (χ0v) is 19.9. The monoisotopic (exact) mass is 533 g/mol. The Bertz CT molecular complexity index is 1230. The average Bonchev–Trinajstić information content (AvgIpc) is 2.80. The number of sulfonamides is 1. The Balaban J connectivity index is 1.66. The molecule has 0 aromatic heterocycles. The van der Waals surface area contributed by atoms with Crippen molar-refractivity contribution in [2.75, 3.05) is 13.1 Å². The summed E-state index contributed by atoms with van der Waals surface area (Å²) in [7, 11) is -4.43. The molecule has 196 valence electrons. The number of benzene rings is 2. The van der Waals surface area contributed by atoms with Crippen LogP contribution in [0.15, 0.2) is 47.4 Å². The van der Waals surface area contributed by atoms with E-state index in [0.717, 1.165) is 28.6 Å². The third-order valence-electron chi connectivity index (χ3n) is 5.73. The fourth-order valence-electron chi connectivity index (χ4n) is 3.96. The molecule has 13 heteroatoms. The van der Waals surface area contributed by atoms with Gasteiger partial charge in [0.05, 0.1) is 10.5 Å². The summed E-state index contributed by atoms with van der Waals surface area (Å²) in [5, 5.41) is 5.14. The van der Waals surface area contributed by atoms with Gasteiger partial charge in [-0.3, -0.25) is 9.59 Å². The highest BCUT2D eigenvalue weighted by Gasteiger charge is 2.40. The molecule has 2 aromatic carbocycles. The first-order valence-corrected chi connectivity index (χ1v) is 12.4. The molecule has 1 heterocycles. The summed E-state index contributed by atoms with van der Waals surface area (Å²) in [6.07, 6.45) is -4.72. The van der Waals surface area contributed by atoms with Crippen LogP contribution in [0.4, 0.5) is 22.0 Å². The molecule has 1 aliphatic heterocycles. The fourth-order valence-corrected chi connectivity index (χ4v) is 5.65. The average molecular weight is 534 g/mol. The van der Waals surface area contributed by atoms with E-state index >= 15 is 0 Å². The highest BCUT2D eigenvalue weighted by Crippen LogP contribution is 2.35. The lowest BCUT2D eigenvalue weighted by atomic mass is 10.0. The highest BCUT2D eigenvalue weighted by atomic mass is 32.2. The van der Waals surface area contributed by atoms with Gasteiger partial charge in [0, 0.05) is 32.5 Å². The number of piperidine rings is 1. The van der Waals surface area contributed by atoms with Crippen molar-refractivity contribution in [3.8, 4) is 0 Å². The summed E-state index contributed by atoms with van der Waals surface area (Å²) in [6.45, 7) is 0.925. The lowest BCUT2D eigenvalue weighted by Gasteiger charge is -2.33. The quantitative estimate of drug-likeness (QED) is 0.535. The third kappa shape index (κ3) is 6.58. The highest BCUT2D eigenvalue weighted by molar-refractivity contribution is 7.89. The Labute approximate surface area is 204 Å². The predicted molar refractivity (Wildman–Crippen MR) is 119 cm³/mol. The van der Waals surface area contributed by atoms with E-state index in [1.807, 2.05) is 0 Å². The first-order valence-electron chi connectivity index (χ1n) is 11.0. The number of hydrogen-bond acceptors (Lipinski definition) is 4. The summed E-state index contributed by atoms with van der Waals surface area (Å²) in [5.41, 5.74) is -0.983. The largest absolute Gasteiger partial charge is 0.417 e. The standard InChI is InChI=1S/C23H24F5N3O4S/c1-14(32)29-20(13-15-6-7-18(24)19(25)12-15)22(33)30-16-8-10-31(11-9-16)36(34,35)21-5-3-2-4-17(21)23(26,27)28/h2-7,12,16,20H,8-11,13H2,1H3,(H,29,32)(H,30,33)/t20-/m0/s1. The molecule has 3 rings (SSSR count). The number of amides is 2. The number of carbonyl (C=O) groups excluding carboxylic acids is 2. The number of carbonyl (C=O) groups is 2. The van der Waals surface area contributed by atoms with Gasteiger partial charge in [-0.15, -0.1) is 0 Å². The van der Waals surface area contributed by atoms with E-state index in [1.165, 1.54) is 19.1 Å². The van der Waals surface area contributed by atoms with E-state index < -0.39 is 62.2 Å². The van der Waals surface area contributed by atoms with Crippen LogP contribution in [0.3, 0.4) is 0 Å². The van der Waals surface area contributed by atoms with Crippen LogP contribution in [0.25, 0.3) is 0 Å². The molecular weight excluding hydrogens is 509 g/mol. The molecule has 1 fully saturated rings. The zero-order valence-electron chi connectivity index (χ0n) is 19.1. The third-order valence-corrected chi connectivity index (χ3v) is 7.69. The molecule has 0 spiro atoms. The number of halogens is 5. The minimum atomic E-state index is -4.85. The second-order valence-corrected chi connectivity index (χ2v) is 10.3. The van der Waals surface area contributed by atoms with Crippen molar-refractivity contribution < 1.29 is 40.0 Å². The minimum Gasteiger partial charge on any atom is -0.351 e. The van der Waals surface area contributed by atoms with Crippen LogP contribution >= 0.6 is 0 Å². The molecule has 0 aliphatic carbocycles. The molecule has 0 saturated carbocycles. The number of rotatable bonds is 7. The van der Waals surface area contributed by atoms with Crippen LogP contribution in [-0.4, -0.2) is 49.7 Å². The van der Waals surface area contributed by atoms with E-state index in [-0.39, 0.29) is 37.9 Å². The normalized spacial score (nSPS) is 16.4. The van der Waals surface area contributed by atoms with Crippen LogP contribution in [-0.2, 0) is 32.2 Å². The maximum absolute atomic E-state index is 13.5. The van der Waals surface area contributed by atoms with E-state index in [9.17, 15) is 40.0 Å². The molecule has 0 bridgehead atoms. The number of alkyl halides is 3. The SMILES string of the molecule is CC(=O)N[C@@H](Cc1ccc(F)c(F)c1)C(=O)NC1CCN(S(=O)(=O)c2ccccc2C(F)(F)F)CC1. The lowest BCUT2D eigenvalue weighted by Crippen LogP contribution is -2.53. The summed E-state index contributed by atoms with van der Waals surface area (Å²) < 4.78 is 93.4. The second kappa shape index (κ2) is 10.9. The van der Waals surface area contributed by atoms with Crippen LogP contribution < -0.4 is 10.6 Å². The van der Waals surface area contributed by atoms with Gasteiger partial charge in [-0.1, -0.05) is 18.2 Å². The molecule has 2 N–H and O–H groups in total. The fraction of sp³-hybridized carbons (Fsp3) is 0.391. The molecule has 0 radical (unpaired) electrons. The lowest BCUT2D eigenvalue weighted by molar-refractivity contribution is -0.140. The Morgan fingerprint density at radius 3 is 2.28 bits per heavy atom. The Morgan fingerprint density at radius 1 is 1.06 bits per heavy atom. The minimum absolute atomic E-state index is 0.121. The summed E-state index contributed by atoms with van der Waals surface area (Å²) in [4.78, 5) is 23.5. The molecule has 1 aliphatic rings. The van der Waals surface area contributed by atoms with Crippen LogP contribution in [0.1, 0.15) is 30.9 Å². The molecular formula is C23H24F5N3O4S. The molecule has 1 atom stereocenters. The van der Waals surface area contributed by atoms with Crippen molar-refractivity contribution >= 4 is 21.8 Å². The second-order valence-electron chi connectivity index (χ2n) is 8.39. The van der Waals surface area contributed by atoms with Crippen molar-refractivity contribution in [1.82, 2.24) is 14.9 Å². The van der Waals surface area contributed by atoms with Gasteiger partial charge in [0.2, 0.25) is 21.8 Å². The van der Waals surface area contributed by atoms with Crippen molar-refractivity contribution in [2.45, 2.75) is 49.3 Å². The Kier molecular flexibility index (Phi) is 8.34. The predicted octanol–water partition coefficient (Wildman–Crippen LogP) is 3.00. The molecule has 1 saturated heterocycles. The van der Waals surface area contributed by atoms with Gasteiger partial charge in [0.1, 0.15) is 6.04 Å². The smallest absolute Gasteiger partial charge is 0.351 e. The van der Waals surface area contributed by atoms with Gasteiger partial charge in [-0.2, -0.15) is 17.5 Å². The van der Waals surface area contributed by atoms with Crippen LogP contribution in [0, 0.1) is 11.6 Å². The topological polar surface area (TPSA) is 95.6 Å². The first kappa shape index (κ1) is 27.5. The molecule has 0 unspecified atom stereocenters. The summed E-state index contributed by atoms with van der Waals surface area (Å²) in [5.74, 6) is -3.30. The molecule has 7 nitrogen and oxygen atoms in total. The number of hydrogen-bond donors (Lipinski definition) is 2. The van der Waals surface area contributed by atoms with E-state index in [4.69, 9.17) is 0 Å². The van der Waals surface area contributed by atoms with Crippen molar-refractivity contribution in [1.29, 1.82) is 0 Å². The maximum atomic E-state index is 13.5. The molecule has 36 heavy (non-hydrogen) atoms.